The molecule has 5 heteroatoms. The van der Waals surface area contributed by atoms with Crippen molar-refractivity contribution in [1.82, 2.24) is 20.8 Å². The molecule has 2 heterocycles. The van der Waals surface area contributed by atoms with Gasteiger partial charge in [-0.1, -0.05) is 6.07 Å². The molecule has 5 nitrogen and oxygen atoms in total. The Hall–Kier alpha value is -2.17. The number of rotatable bonds is 0. The number of hydrogen-bond donors (Lipinski definition) is 2. The normalized spacial score (nSPS) is 13.7. The van der Waals surface area contributed by atoms with Gasteiger partial charge in [0.05, 0.1) is 6.21 Å². The standard InChI is InChI=1S/C9H7N5/c1-2-8-9(13-14-12-8)7-5-11-10-4-3-6(1)7/h1-5,10H,(H,12,13,14). The second kappa shape index (κ2) is 2.66. The molecule has 0 unspecified atom stereocenters. The minimum absolute atomic E-state index is 0.847. The third-order valence-corrected chi connectivity index (χ3v) is 2.17. The van der Waals surface area contributed by atoms with E-state index in [0.717, 1.165) is 22.2 Å². The molecule has 14 heavy (non-hydrogen) atoms. The number of aromatic amines is 1. The molecule has 0 spiro atoms. The molecule has 0 atom stereocenters. The third kappa shape index (κ3) is 0.922. The minimum atomic E-state index is 0.847. The Morgan fingerprint density at radius 1 is 1.14 bits per heavy atom. The number of aromatic nitrogens is 3. The number of nitrogens with one attached hydrogen (secondary N) is 2. The van der Waals surface area contributed by atoms with Crippen molar-refractivity contribution >= 4 is 23.3 Å². The van der Waals surface area contributed by atoms with E-state index in [9.17, 15) is 0 Å². The van der Waals surface area contributed by atoms with E-state index in [1.165, 1.54) is 0 Å². The lowest BCUT2D eigenvalue weighted by Crippen LogP contribution is -1.91. The van der Waals surface area contributed by atoms with Crippen molar-refractivity contribution in [3.63, 3.8) is 0 Å². The van der Waals surface area contributed by atoms with Gasteiger partial charge in [0.2, 0.25) is 0 Å². The highest BCUT2D eigenvalue weighted by Gasteiger charge is 2.08. The van der Waals surface area contributed by atoms with Crippen LogP contribution in [-0.4, -0.2) is 21.6 Å². The Balaban J connectivity index is 2.43. The molecule has 2 aromatic rings. The van der Waals surface area contributed by atoms with Crippen LogP contribution >= 0.6 is 0 Å². The van der Waals surface area contributed by atoms with Gasteiger partial charge in [-0.3, -0.25) is 5.43 Å². The Labute approximate surface area is 79.5 Å². The van der Waals surface area contributed by atoms with Crippen LogP contribution in [0.15, 0.2) is 23.4 Å². The lowest BCUT2D eigenvalue weighted by molar-refractivity contribution is 0.959. The van der Waals surface area contributed by atoms with E-state index < -0.39 is 0 Å². The molecule has 1 aromatic heterocycles. The Morgan fingerprint density at radius 2 is 2.14 bits per heavy atom. The van der Waals surface area contributed by atoms with Crippen LogP contribution < -0.4 is 5.43 Å². The SMILES string of the molecule is C1=Cc2ccc3n[nH]nc3c2C=NN1. The number of fused-ring (bicyclic) bond motifs is 3. The topological polar surface area (TPSA) is 66.0 Å². The maximum Gasteiger partial charge on any atom is 0.122 e. The molecular weight excluding hydrogens is 178 g/mol. The smallest absolute Gasteiger partial charge is 0.122 e. The number of hydrazone groups is 1. The van der Waals surface area contributed by atoms with Gasteiger partial charge in [-0.2, -0.15) is 20.5 Å². The summed E-state index contributed by atoms with van der Waals surface area (Å²) in [5, 5.41) is 14.7. The summed E-state index contributed by atoms with van der Waals surface area (Å²) in [5.41, 5.74) is 6.55. The fraction of sp³-hybridized carbons (Fsp3) is 0. The fourth-order valence-corrected chi connectivity index (χ4v) is 1.50. The van der Waals surface area contributed by atoms with Gasteiger partial charge in [0.1, 0.15) is 11.0 Å². The van der Waals surface area contributed by atoms with Crippen LogP contribution in [-0.2, 0) is 0 Å². The van der Waals surface area contributed by atoms with Crippen molar-refractivity contribution in [3.05, 3.63) is 29.5 Å². The molecule has 0 amide bonds. The van der Waals surface area contributed by atoms with Crippen molar-refractivity contribution in [2.45, 2.75) is 0 Å². The van der Waals surface area contributed by atoms with Gasteiger partial charge in [-0.15, -0.1) is 0 Å². The molecule has 0 aliphatic carbocycles. The minimum Gasteiger partial charge on any atom is -0.286 e. The molecule has 68 valence electrons. The molecule has 1 aliphatic heterocycles. The molecule has 0 radical (unpaired) electrons. The second-order valence-corrected chi connectivity index (χ2v) is 2.98. The van der Waals surface area contributed by atoms with Crippen molar-refractivity contribution in [2.24, 2.45) is 5.10 Å². The summed E-state index contributed by atoms with van der Waals surface area (Å²) in [5.74, 6) is 0. The molecule has 0 fully saturated rings. The first-order valence-electron chi connectivity index (χ1n) is 4.24. The van der Waals surface area contributed by atoms with Gasteiger partial charge in [0.15, 0.2) is 0 Å². The lowest BCUT2D eigenvalue weighted by Gasteiger charge is -1.97. The third-order valence-electron chi connectivity index (χ3n) is 2.17. The molecule has 1 aromatic carbocycles. The van der Waals surface area contributed by atoms with Crippen LogP contribution in [0.2, 0.25) is 0 Å². The van der Waals surface area contributed by atoms with Crippen LogP contribution in [0.4, 0.5) is 0 Å². The molecular formula is C9H7N5. The van der Waals surface area contributed by atoms with E-state index in [4.69, 9.17) is 0 Å². The van der Waals surface area contributed by atoms with E-state index in [0.29, 0.717) is 0 Å². The number of nitrogens with zero attached hydrogens (tertiary/aromatic N) is 3. The van der Waals surface area contributed by atoms with Crippen LogP contribution in [0.1, 0.15) is 11.1 Å². The number of benzene rings is 1. The summed E-state index contributed by atoms with van der Waals surface area (Å²) >= 11 is 0. The van der Waals surface area contributed by atoms with Crippen molar-refractivity contribution in [2.75, 3.05) is 0 Å². The van der Waals surface area contributed by atoms with Crippen LogP contribution in [0.5, 0.6) is 0 Å². The van der Waals surface area contributed by atoms with Gasteiger partial charge < -0.3 is 0 Å². The summed E-state index contributed by atoms with van der Waals surface area (Å²) in [4.78, 5) is 0. The Bertz CT molecular complexity index is 537. The summed E-state index contributed by atoms with van der Waals surface area (Å²) in [6, 6.07) is 3.93. The quantitative estimate of drug-likeness (QED) is 0.639. The molecule has 0 saturated heterocycles. The summed E-state index contributed by atoms with van der Waals surface area (Å²) in [7, 11) is 0. The lowest BCUT2D eigenvalue weighted by atomic mass is 10.1. The highest BCUT2D eigenvalue weighted by Crippen LogP contribution is 2.19. The average Bonchev–Trinajstić information content (AvgIpc) is 2.55. The van der Waals surface area contributed by atoms with Gasteiger partial charge in [0.25, 0.3) is 0 Å². The van der Waals surface area contributed by atoms with E-state index in [2.05, 4.69) is 25.9 Å². The van der Waals surface area contributed by atoms with Crippen LogP contribution in [0, 0.1) is 0 Å². The summed E-state index contributed by atoms with van der Waals surface area (Å²) in [6.07, 6.45) is 5.49. The Kier molecular flexibility index (Phi) is 1.38. The maximum absolute atomic E-state index is 4.08. The van der Waals surface area contributed by atoms with Crippen LogP contribution in [0.3, 0.4) is 0 Å². The van der Waals surface area contributed by atoms with E-state index in [1.807, 2.05) is 18.2 Å². The predicted molar refractivity (Wildman–Crippen MR) is 53.7 cm³/mol. The van der Waals surface area contributed by atoms with Crippen molar-refractivity contribution in [1.29, 1.82) is 0 Å². The zero-order valence-corrected chi connectivity index (χ0v) is 7.23. The molecule has 3 rings (SSSR count). The zero-order valence-electron chi connectivity index (χ0n) is 7.23. The summed E-state index contributed by atoms with van der Waals surface area (Å²) < 4.78 is 0. The first kappa shape index (κ1) is 7.25. The largest absolute Gasteiger partial charge is 0.286 e. The highest BCUT2D eigenvalue weighted by atomic mass is 15.3. The van der Waals surface area contributed by atoms with Crippen molar-refractivity contribution in [3.8, 4) is 0 Å². The van der Waals surface area contributed by atoms with Crippen molar-refractivity contribution < 1.29 is 0 Å². The molecule has 0 saturated carbocycles. The average molecular weight is 185 g/mol. The number of H-pyrrole nitrogens is 1. The second-order valence-electron chi connectivity index (χ2n) is 2.98. The Morgan fingerprint density at radius 3 is 3.14 bits per heavy atom. The maximum atomic E-state index is 4.08. The highest BCUT2D eigenvalue weighted by molar-refractivity contribution is 6.00. The van der Waals surface area contributed by atoms with Gasteiger partial charge in [-0.25, -0.2) is 0 Å². The molecule has 0 bridgehead atoms. The van der Waals surface area contributed by atoms with Gasteiger partial charge in [0, 0.05) is 11.8 Å². The van der Waals surface area contributed by atoms with Crippen LogP contribution in [0.25, 0.3) is 17.1 Å². The first-order chi connectivity index (χ1) is 6.95. The first-order valence-corrected chi connectivity index (χ1v) is 4.24. The monoisotopic (exact) mass is 185 g/mol. The zero-order chi connectivity index (χ0) is 9.38. The predicted octanol–water partition coefficient (Wildman–Crippen LogP) is 0.866. The molecule has 1 aliphatic rings. The van der Waals surface area contributed by atoms with Gasteiger partial charge in [-0.05, 0) is 17.7 Å². The molecule has 2 N–H and O–H groups in total. The van der Waals surface area contributed by atoms with E-state index in [-0.39, 0.29) is 0 Å². The van der Waals surface area contributed by atoms with E-state index >= 15 is 0 Å². The van der Waals surface area contributed by atoms with Gasteiger partial charge >= 0.3 is 0 Å². The fourth-order valence-electron chi connectivity index (χ4n) is 1.50. The van der Waals surface area contributed by atoms with E-state index in [1.54, 1.807) is 12.4 Å². The summed E-state index contributed by atoms with van der Waals surface area (Å²) in [6.45, 7) is 0. The number of hydrogen-bond acceptors (Lipinski definition) is 4.